The summed E-state index contributed by atoms with van der Waals surface area (Å²) < 4.78 is 4.92. The maximum absolute atomic E-state index is 10.3. The minimum absolute atomic E-state index is 0.244. The van der Waals surface area contributed by atoms with Crippen LogP contribution in [0.1, 0.15) is 19.3 Å². The fraction of sp³-hybridized carbons (Fsp3) is 0.545. The fourth-order valence-corrected chi connectivity index (χ4v) is 1.82. The number of aromatic nitrogens is 2. The molecule has 1 aromatic rings. The Kier molecular flexibility index (Phi) is 3.74. The van der Waals surface area contributed by atoms with Gasteiger partial charge in [0.2, 0.25) is 5.88 Å². The Balaban J connectivity index is 1.94. The first-order valence-electron chi connectivity index (χ1n) is 5.69. The van der Waals surface area contributed by atoms with Crippen LogP contribution in [-0.2, 0) is 4.79 Å². The van der Waals surface area contributed by atoms with Crippen LogP contribution in [0.4, 0.5) is 5.82 Å². The van der Waals surface area contributed by atoms with Crippen molar-refractivity contribution in [1.29, 1.82) is 0 Å². The van der Waals surface area contributed by atoms with Gasteiger partial charge in [0, 0.05) is 19.2 Å². The molecule has 6 nitrogen and oxygen atoms in total. The number of carbonyl (C=O) groups is 1. The number of hydrogen-bond donors (Lipinski definition) is 1. The van der Waals surface area contributed by atoms with Crippen LogP contribution in [0.15, 0.2) is 12.1 Å². The first kappa shape index (κ1) is 11.6. The lowest BCUT2D eigenvalue weighted by Gasteiger charge is -2.27. The van der Waals surface area contributed by atoms with E-state index in [4.69, 9.17) is 9.84 Å². The quantitative estimate of drug-likeness (QED) is 0.839. The third-order valence-corrected chi connectivity index (χ3v) is 2.65. The lowest BCUT2D eigenvalue weighted by molar-refractivity contribution is -0.139. The van der Waals surface area contributed by atoms with Gasteiger partial charge < -0.3 is 14.7 Å². The third-order valence-electron chi connectivity index (χ3n) is 2.65. The largest absolute Gasteiger partial charge is 0.479 e. The second-order valence-electron chi connectivity index (χ2n) is 3.96. The Hall–Kier alpha value is -1.85. The first-order chi connectivity index (χ1) is 8.25. The lowest BCUT2D eigenvalue weighted by atomic mass is 10.1. The molecule has 0 atom stereocenters. The highest BCUT2D eigenvalue weighted by Gasteiger charge is 2.12. The summed E-state index contributed by atoms with van der Waals surface area (Å²) in [6, 6.07) is 3.47. The number of piperidine rings is 1. The van der Waals surface area contributed by atoms with Gasteiger partial charge in [-0.25, -0.2) is 4.79 Å². The SMILES string of the molecule is O=C(O)COc1ccc(N2CCCCC2)nn1. The van der Waals surface area contributed by atoms with Crippen LogP contribution < -0.4 is 9.64 Å². The van der Waals surface area contributed by atoms with Gasteiger partial charge in [-0.3, -0.25) is 0 Å². The molecule has 92 valence electrons. The second kappa shape index (κ2) is 5.47. The molecule has 1 aromatic heterocycles. The molecule has 0 unspecified atom stereocenters. The van der Waals surface area contributed by atoms with Crippen LogP contribution >= 0.6 is 0 Å². The van der Waals surface area contributed by atoms with E-state index in [2.05, 4.69) is 15.1 Å². The lowest BCUT2D eigenvalue weighted by Crippen LogP contribution is -2.30. The molecule has 1 fully saturated rings. The summed E-state index contributed by atoms with van der Waals surface area (Å²) in [6.45, 7) is 1.62. The predicted molar refractivity (Wildman–Crippen MR) is 61.2 cm³/mol. The minimum Gasteiger partial charge on any atom is -0.479 e. The van der Waals surface area contributed by atoms with Crippen LogP contribution in [0.5, 0.6) is 5.88 Å². The Morgan fingerprint density at radius 1 is 1.29 bits per heavy atom. The van der Waals surface area contributed by atoms with E-state index < -0.39 is 12.6 Å². The number of carboxylic acid groups (broad SMARTS) is 1. The Labute approximate surface area is 99.2 Å². The number of anilines is 1. The van der Waals surface area contributed by atoms with E-state index in [0.29, 0.717) is 0 Å². The molecule has 1 saturated heterocycles. The third kappa shape index (κ3) is 3.30. The van der Waals surface area contributed by atoms with Crippen molar-refractivity contribution in [2.24, 2.45) is 0 Å². The molecule has 0 aromatic carbocycles. The van der Waals surface area contributed by atoms with Gasteiger partial charge in [-0.05, 0) is 25.3 Å². The molecule has 17 heavy (non-hydrogen) atoms. The molecule has 0 aliphatic carbocycles. The highest BCUT2D eigenvalue weighted by Crippen LogP contribution is 2.17. The van der Waals surface area contributed by atoms with Gasteiger partial charge in [0.25, 0.3) is 0 Å². The number of aliphatic carboxylic acids is 1. The van der Waals surface area contributed by atoms with Crippen molar-refractivity contribution < 1.29 is 14.6 Å². The van der Waals surface area contributed by atoms with Gasteiger partial charge in [0.05, 0.1) is 0 Å². The van der Waals surface area contributed by atoms with Crippen molar-refractivity contribution in [3.63, 3.8) is 0 Å². The van der Waals surface area contributed by atoms with E-state index in [1.807, 2.05) is 6.07 Å². The normalized spacial score (nSPS) is 15.6. The summed E-state index contributed by atoms with van der Waals surface area (Å²) in [5.41, 5.74) is 0. The monoisotopic (exact) mass is 237 g/mol. The van der Waals surface area contributed by atoms with Crippen LogP contribution in [0.25, 0.3) is 0 Å². The molecule has 6 heteroatoms. The second-order valence-corrected chi connectivity index (χ2v) is 3.96. The summed E-state index contributed by atoms with van der Waals surface area (Å²) >= 11 is 0. The molecule has 0 saturated carbocycles. The standard InChI is InChI=1S/C11H15N3O3/c15-11(16)8-17-10-5-4-9(12-13-10)14-6-2-1-3-7-14/h4-5H,1-3,6-8H2,(H,15,16). The van der Waals surface area contributed by atoms with E-state index >= 15 is 0 Å². The highest BCUT2D eigenvalue weighted by atomic mass is 16.5. The molecule has 1 aliphatic heterocycles. The molecule has 2 heterocycles. The topological polar surface area (TPSA) is 75.6 Å². The molecule has 2 rings (SSSR count). The molecule has 0 amide bonds. The zero-order valence-electron chi connectivity index (χ0n) is 9.50. The van der Waals surface area contributed by atoms with Gasteiger partial charge in [-0.1, -0.05) is 0 Å². The van der Waals surface area contributed by atoms with Crippen LogP contribution in [0.2, 0.25) is 0 Å². The Bertz CT molecular complexity index is 374. The zero-order valence-corrected chi connectivity index (χ0v) is 9.50. The maximum atomic E-state index is 10.3. The van der Waals surface area contributed by atoms with Crippen LogP contribution in [-0.4, -0.2) is 41.0 Å². The van der Waals surface area contributed by atoms with Crippen LogP contribution in [0, 0.1) is 0 Å². The van der Waals surface area contributed by atoms with Crippen molar-refractivity contribution in [3.8, 4) is 5.88 Å². The average Bonchev–Trinajstić information content (AvgIpc) is 2.38. The van der Waals surface area contributed by atoms with Crippen LogP contribution in [0.3, 0.4) is 0 Å². The summed E-state index contributed by atoms with van der Waals surface area (Å²) in [5.74, 6) is 0.0486. The van der Waals surface area contributed by atoms with E-state index in [0.717, 1.165) is 18.9 Å². The number of carboxylic acids is 1. The molecular weight excluding hydrogens is 222 g/mol. The minimum atomic E-state index is -1.02. The van der Waals surface area contributed by atoms with Crippen molar-refractivity contribution in [2.75, 3.05) is 24.6 Å². The van der Waals surface area contributed by atoms with Crippen molar-refractivity contribution >= 4 is 11.8 Å². The average molecular weight is 237 g/mol. The van der Waals surface area contributed by atoms with E-state index in [-0.39, 0.29) is 5.88 Å². The fourth-order valence-electron chi connectivity index (χ4n) is 1.82. The summed E-state index contributed by atoms with van der Waals surface area (Å²) in [4.78, 5) is 12.5. The van der Waals surface area contributed by atoms with Gasteiger partial charge in [-0.2, -0.15) is 0 Å². The number of hydrogen-bond acceptors (Lipinski definition) is 5. The zero-order chi connectivity index (χ0) is 12.1. The van der Waals surface area contributed by atoms with Crippen molar-refractivity contribution in [3.05, 3.63) is 12.1 Å². The van der Waals surface area contributed by atoms with Crippen molar-refractivity contribution in [1.82, 2.24) is 10.2 Å². The predicted octanol–water partition coefficient (Wildman–Crippen LogP) is 0.930. The van der Waals surface area contributed by atoms with Gasteiger partial charge in [-0.15, -0.1) is 10.2 Å². The maximum Gasteiger partial charge on any atom is 0.341 e. The Morgan fingerprint density at radius 3 is 2.65 bits per heavy atom. The number of nitrogens with zero attached hydrogens (tertiary/aromatic N) is 3. The van der Waals surface area contributed by atoms with E-state index in [1.165, 1.54) is 19.3 Å². The smallest absolute Gasteiger partial charge is 0.341 e. The van der Waals surface area contributed by atoms with Gasteiger partial charge in [0.15, 0.2) is 12.4 Å². The number of ether oxygens (including phenoxy) is 1. The van der Waals surface area contributed by atoms with Gasteiger partial charge in [0.1, 0.15) is 0 Å². The molecule has 0 radical (unpaired) electrons. The molecule has 0 bridgehead atoms. The first-order valence-corrected chi connectivity index (χ1v) is 5.69. The van der Waals surface area contributed by atoms with Gasteiger partial charge >= 0.3 is 5.97 Å². The molecule has 1 aliphatic rings. The van der Waals surface area contributed by atoms with E-state index in [9.17, 15) is 4.79 Å². The van der Waals surface area contributed by atoms with E-state index in [1.54, 1.807) is 6.07 Å². The molecular formula is C11H15N3O3. The number of rotatable bonds is 4. The molecule has 1 N–H and O–H groups in total. The van der Waals surface area contributed by atoms with Crippen molar-refractivity contribution in [2.45, 2.75) is 19.3 Å². The summed E-state index contributed by atoms with van der Waals surface area (Å²) in [5, 5.41) is 16.3. The highest BCUT2D eigenvalue weighted by molar-refractivity contribution is 5.68. The summed E-state index contributed by atoms with van der Waals surface area (Å²) in [7, 11) is 0. The molecule has 0 spiro atoms. The summed E-state index contributed by atoms with van der Waals surface area (Å²) in [6.07, 6.45) is 3.63. The Morgan fingerprint density at radius 2 is 2.06 bits per heavy atom.